The van der Waals surface area contributed by atoms with E-state index in [1.165, 1.54) is 5.56 Å². The van der Waals surface area contributed by atoms with E-state index in [9.17, 15) is 0 Å². The standard InChI is InChI=1S/C23H21BrN2O3S/c24-18-4-2-17(3-5-18)19-7-8-21(29-19)23(30)26-11-9-25(10-12-26)14-16-1-6-20-22(13-16)28-15-27-20/h1-8,13H,9-12,14-15H2. The minimum atomic E-state index is 0.311. The maximum absolute atomic E-state index is 6.05. The van der Waals surface area contributed by atoms with Gasteiger partial charge in [-0.25, -0.2) is 0 Å². The van der Waals surface area contributed by atoms with E-state index in [2.05, 4.69) is 37.9 Å². The summed E-state index contributed by atoms with van der Waals surface area (Å²) in [6.07, 6.45) is 0. The highest BCUT2D eigenvalue weighted by atomic mass is 79.9. The summed E-state index contributed by atoms with van der Waals surface area (Å²) in [5.74, 6) is 3.26. The predicted octanol–water partition coefficient (Wildman–Crippen LogP) is 4.93. The van der Waals surface area contributed by atoms with Crippen LogP contribution in [0.3, 0.4) is 0 Å². The topological polar surface area (TPSA) is 38.1 Å². The van der Waals surface area contributed by atoms with E-state index in [4.69, 9.17) is 26.1 Å². The minimum absolute atomic E-state index is 0.311. The summed E-state index contributed by atoms with van der Waals surface area (Å²) in [6, 6.07) is 18.2. The summed E-state index contributed by atoms with van der Waals surface area (Å²) in [7, 11) is 0. The molecule has 0 N–H and O–H groups in total. The van der Waals surface area contributed by atoms with Crippen LogP contribution < -0.4 is 9.47 Å². The number of thiocarbonyl (C=S) groups is 1. The molecule has 0 radical (unpaired) electrons. The predicted molar refractivity (Wildman–Crippen MR) is 123 cm³/mol. The van der Waals surface area contributed by atoms with Gasteiger partial charge in [0.05, 0.1) is 0 Å². The zero-order chi connectivity index (χ0) is 20.5. The Bertz CT molecular complexity index is 1060. The van der Waals surface area contributed by atoms with Crippen molar-refractivity contribution in [1.82, 2.24) is 9.80 Å². The molecule has 30 heavy (non-hydrogen) atoms. The van der Waals surface area contributed by atoms with Crippen molar-refractivity contribution >= 4 is 33.1 Å². The van der Waals surface area contributed by atoms with Gasteiger partial charge < -0.3 is 18.8 Å². The second kappa shape index (κ2) is 8.41. The minimum Gasteiger partial charge on any atom is -0.454 e. The van der Waals surface area contributed by atoms with Gasteiger partial charge in [-0.05, 0) is 42.0 Å². The van der Waals surface area contributed by atoms with Crippen molar-refractivity contribution in [2.24, 2.45) is 0 Å². The third-order valence-corrected chi connectivity index (χ3v) is 6.44. The highest BCUT2D eigenvalue weighted by Gasteiger charge is 2.22. The summed E-state index contributed by atoms with van der Waals surface area (Å²) in [5, 5.41) is 0. The molecule has 2 aliphatic rings. The van der Waals surface area contributed by atoms with Crippen LogP contribution in [0.2, 0.25) is 0 Å². The molecule has 5 nitrogen and oxygen atoms in total. The molecule has 1 saturated heterocycles. The summed E-state index contributed by atoms with van der Waals surface area (Å²) < 4.78 is 18.0. The number of furan rings is 1. The maximum atomic E-state index is 6.05. The fourth-order valence-corrected chi connectivity index (χ4v) is 4.34. The Morgan fingerprint density at radius 3 is 2.47 bits per heavy atom. The molecular formula is C23H21BrN2O3S. The zero-order valence-corrected chi connectivity index (χ0v) is 18.7. The maximum Gasteiger partial charge on any atom is 0.231 e. The number of nitrogens with zero attached hydrogens (tertiary/aromatic N) is 2. The van der Waals surface area contributed by atoms with Crippen LogP contribution in [0, 0.1) is 0 Å². The summed E-state index contributed by atoms with van der Waals surface area (Å²) in [5.41, 5.74) is 2.28. The number of halogens is 1. The molecule has 0 unspecified atom stereocenters. The Morgan fingerprint density at radius 2 is 1.67 bits per heavy atom. The molecule has 0 bridgehead atoms. The van der Waals surface area contributed by atoms with Gasteiger partial charge in [-0.15, -0.1) is 0 Å². The van der Waals surface area contributed by atoms with Crippen LogP contribution in [0.1, 0.15) is 11.3 Å². The Kier molecular flexibility index (Phi) is 5.50. The molecule has 2 aliphatic heterocycles. The molecular weight excluding hydrogens is 464 g/mol. The van der Waals surface area contributed by atoms with E-state index in [-0.39, 0.29) is 0 Å². The monoisotopic (exact) mass is 484 g/mol. The molecule has 0 aliphatic carbocycles. The van der Waals surface area contributed by atoms with Crippen LogP contribution in [0.4, 0.5) is 0 Å². The molecule has 2 aromatic carbocycles. The van der Waals surface area contributed by atoms with Gasteiger partial charge >= 0.3 is 0 Å². The molecule has 5 rings (SSSR count). The van der Waals surface area contributed by atoms with E-state index >= 15 is 0 Å². The highest BCUT2D eigenvalue weighted by molar-refractivity contribution is 9.10. The lowest BCUT2D eigenvalue weighted by molar-refractivity contribution is 0.172. The molecule has 1 aromatic heterocycles. The quantitative estimate of drug-likeness (QED) is 0.488. The number of benzene rings is 2. The van der Waals surface area contributed by atoms with Crippen LogP contribution in [-0.4, -0.2) is 47.8 Å². The number of piperazine rings is 1. The molecule has 0 atom stereocenters. The first-order valence-electron chi connectivity index (χ1n) is 9.92. The van der Waals surface area contributed by atoms with Gasteiger partial charge in [-0.3, -0.25) is 4.90 Å². The Labute approximate surface area is 189 Å². The van der Waals surface area contributed by atoms with Gasteiger partial charge in [0, 0.05) is 42.8 Å². The number of hydrogen-bond acceptors (Lipinski definition) is 5. The molecule has 0 spiro atoms. The summed E-state index contributed by atoms with van der Waals surface area (Å²) in [6.45, 7) is 4.88. The molecule has 1 fully saturated rings. The van der Waals surface area contributed by atoms with Crippen molar-refractivity contribution in [1.29, 1.82) is 0 Å². The molecule has 0 amide bonds. The molecule has 3 aromatic rings. The SMILES string of the molecule is S=C(c1ccc(-c2ccc(Br)cc2)o1)N1CCN(Cc2ccc3c(c2)OCO3)CC1. The molecule has 7 heteroatoms. The van der Waals surface area contributed by atoms with Gasteiger partial charge in [-0.1, -0.05) is 46.3 Å². The summed E-state index contributed by atoms with van der Waals surface area (Å²) >= 11 is 9.19. The zero-order valence-electron chi connectivity index (χ0n) is 16.3. The summed E-state index contributed by atoms with van der Waals surface area (Å²) in [4.78, 5) is 5.45. The second-order valence-corrected chi connectivity index (χ2v) is 8.73. The van der Waals surface area contributed by atoms with Crippen LogP contribution >= 0.6 is 28.1 Å². The van der Waals surface area contributed by atoms with Gasteiger partial charge in [-0.2, -0.15) is 0 Å². The lowest BCUT2D eigenvalue weighted by Gasteiger charge is -2.35. The van der Waals surface area contributed by atoms with Gasteiger partial charge in [0.15, 0.2) is 17.3 Å². The number of fused-ring (bicyclic) bond motifs is 1. The first-order valence-corrected chi connectivity index (χ1v) is 11.1. The second-order valence-electron chi connectivity index (χ2n) is 7.43. The van der Waals surface area contributed by atoms with Crippen molar-refractivity contribution in [3.8, 4) is 22.8 Å². The lowest BCUT2D eigenvalue weighted by atomic mass is 10.1. The number of ether oxygens (including phenoxy) is 2. The van der Waals surface area contributed by atoms with Crippen LogP contribution in [0.25, 0.3) is 11.3 Å². The van der Waals surface area contributed by atoms with Gasteiger partial charge in [0.2, 0.25) is 6.79 Å². The Morgan fingerprint density at radius 1 is 0.900 bits per heavy atom. The van der Waals surface area contributed by atoms with Crippen LogP contribution in [0.15, 0.2) is 63.5 Å². The van der Waals surface area contributed by atoms with Crippen molar-refractivity contribution in [3.63, 3.8) is 0 Å². The van der Waals surface area contributed by atoms with Crippen LogP contribution in [0.5, 0.6) is 11.5 Å². The molecule has 0 saturated carbocycles. The van der Waals surface area contributed by atoms with Gasteiger partial charge in [0.25, 0.3) is 0 Å². The largest absolute Gasteiger partial charge is 0.454 e. The fraction of sp³-hybridized carbons (Fsp3) is 0.261. The van der Waals surface area contributed by atoms with E-state index in [0.717, 1.165) is 70.8 Å². The highest BCUT2D eigenvalue weighted by Crippen LogP contribution is 2.33. The third kappa shape index (κ3) is 4.10. The Balaban J connectivity index is 1.18. The lowest BCUT2D eigenvalue weighted by Crippen LogP contribution is -2.47. The average Bonchev–Trinajstić information content (AvgIpc) is 3.44. The number of rotatable bonds is 4. The van der Waals surface area contributed by atoms with Crippen molar-refractivity contribution < 1.29 is 13.9 Å². The van der Waals surface area contributed by atoms with Crippen molar-refractivity contribution in [3.05, 3.63) is 70.4 Å². The fourth-order valence-electron chi connectivity index (χ4n) is 3.78. The van der Waals surface area contributed by atoms with Crippen LogP contribution in [-0.2, 0) is 6.54 Å². The normalized spacial score (nSPS) is 16.1. The number of hydrogen-bond donors (Lipinski definition) is 0. The third-order valence-electron chi connectivity index (χ3n) is 5.45. The first kappa shape index (κ1) is 19.6. The average molecular weight is 485 g/mol. The smallest absolute Gasteiger partial charge is 0.231 e. The van der Waals surface area contributed by atoms with E-state index in [0.29, 0.717) is 6.79 Å². The van der Waals surface area contributed by atoms with E-state index in [1.807, 2.05) is 42.5 Å². The Hall–Kier alpha value is -2.35. The molecule has 154 valence electrons. The first-order chi connectivity index (χ1) is 14.7. The van der Waals surface area contributed by atoms with E-state index in [1.54, 1.807) is 0 Å². The molecule has 3 heterocycles. The van der Waals surface area contributed by atoms with Gasteiger partial charge in [0.1, 0.15) is 10.7 Å². The van der Waals surface area contributed by atoms with Crippen molar-refractivity contribution in [2.75, 3.05) is 33.0 Å². The van der Waals surface area contributed by atoms with Crippen molar-refractivity contribution in [2.45, 2.75) is 6.54 Å². The van der Waals surface area contributed by atoms with E-state index < -0.39 is 0 Å².